The number of furan rings is 1. The lowest BCUT2D eigenvalue weighted by atomic mass is 10.3. The van der Waals surface area contributed by atoms with Crippen molar-refractivity contribution in [2.75, 3.05) is 27.3 Å². The molecule has 0 aliphatic rings. The van der Waals surface area contributed by atoms with Gasteiger partial charge in [0.15, 0.2) is 5.76 Å². The summed E-state index contributed by atoms with van der Waals surface area (Å²) < 4.78 is 15.2. The monoisotopic (exact) mass is 267 g/mol. The van der Waals surface area contributed by atoms with Crippen LogP contribution in [0.3, 0.4) is 0 Å². The van der Waals surface area contributed by atoms with Crippen LogP contribution in [-0.4, -0.2) is 53.6 Å². The van der Waals surface area contributed by atoms with Crippen LogP contribution in [0, 0.1) is 0 Å². The number of hydrogen-bond donors (Lipinski definition) is 1. The lowest BCUT2D eigenvalue weighted by Gasteiger charge is -2.17. The molecule has 0 saturated heterocycles. The number of aliphatic hydroxyl groups excluding tert-OH is 1. The highest BCUT2D eigenvalue weighted by molar-refractivity contribution is 5.44. The van der Waals surface area contributed by atoms with Gasteiger partial charge in [-0.3, -0.25) is 4.90 Å². The van der Waals surface area contributed by atoms with Gasteiger partial charge in [-0.2, -0.15) is 4.98 Å². The molecule has 1 atom stereocenters. The standard InChI is InChI=1S/C12H17N3O4/c1-15(6-9(16)8-17-2)7-11-13-12(14-19-11)10-4-3-5-18-10/h3-5,9,16H,6-8H2,1-2H3. The first kappa shape index (κ1) is 13.7. The predicted octanol–water partition coefficient (Wildman–Crippen LogP) is 0.769. The highest BCUT2D eigenvalue weighted by atomic mass is 16.5. The Kier molecular flexibility index (Phi) is 4.67. The summed E-state index contributed by atoms with van der Waals surface area (Å²) >= 11 is 0. The molecule has 19 heavy (non-hydrogen) atoms. The fraction of sp³-hybridized carbons (Fsp3) is 0.500. The van der Waals surface area contributed by atoms with Gasteiger partial charge in [-0.15, -0.1) is 0 Å². The van der Waals surface area contributed by atoms with E-state index >= 15 is 0 Å². The summed E-state index contributed by atoms with van der Waals surface area (Å²) in [6.45, 7) is 1.21. The molecule has 2 rings (SSSR count). The zero-order chi connectivity index (χ0) is 13.7. The van der Waals surface area contributed by atoms with E-state index in [1.807, 2.05) is 11.9 Å². The van der Waals surface area contributed by atoms with E-state index in [4.69, 9.17) is 13.7 Å². The Morgan fingerprint density at radius 2 is 2.37 bits per heavy atom. The number of likely N-dealkylation sites (N-methyl/N-ethyl adjacent to an activating group) is 1. The average molecular weight is 267 g/mol. The van der Waals surface area contributed by atoms with E-state index in [1.54, 1.807) is 25.5 Å². The molecule has 0 bridgehead atoms. The Morgan fingerprint density at radius 3 is 3.05 bits per heavy atom. The molecule has 0 radical (unpaired) electrons. The van der Waals surface area contributed by atoms with E-state index in [0.717, 1.165) is 0 Å². The largest absolute Gasteiger partial charge is 0.461 e. The summed E-state index contributed by atoms with van der Waals surface area (Å²) in [5, 5.41) is 13.4. The van der Waals surface area contributed by atoms with Gasteiger partial charge in [0, 0.05) is 13.7 Å². The van der Waals surface area contributed by atoms with Crippen molar-refractivity contribution in [1.82, 2.24) is 15.0 Å². The molecule has 104 valence electrons. The zero-order valence-corrected chi connectivity index (χ0v) is 10.9. The number of aromatic nitrogens is 2. The normalized spacial score (nSPS) is 13.1. The lowest BCUT2D eigenvalue weighted by molar-refractivity contribution is 0.0400. The highest BCUT2D eigenvalue weighted by Crippen LogP contribution is 2.16. The van der Waals surface area contributed by atoms with Gasteiger partial charge in [0.1, 0.15) is 0 Å². The molecule has 0 aromatic carbocycles. The molecule has 7 nitrogen and oxygen atoms in total. The number of hydrogen-bond acceptors (Lipinski definition) is 7. The van der Waals surface area contributed by atoms with Crippen LogP contribution in [0.25, 0.3) is 11.6 Å². The molecule has 2 aromatic heterocycles. The second kappa shape index (κ2) is 6.46. The maximum absolute atomic E-state index is 9.60. The topological polar surface area (TPSA) is 84.8 Å². The van der Waals surface area contributed by atoms with Crippen LogP contribution in [0.1, 0.15) is 5.89 Å². The molecule has 0 spiro atoms. The highest BCUT2D eigenvalue weighted by Gasteiger charge is 2.14. The van der Waals surface area contributed by atoms with Crippen molar-refractivity contribution in [3.63, 3.8) is 0 Å². The Labute approximate surface area is 110 Å². The predicted molar refractivity (Wildman–Crippen MR) is 66.2 cm³/mol. The summed E-state index contributed by atoms with van der Waals surface area (Å²) in [6.07, 6.45) is 1.01. The van der Waals surface area contributed by atoms with E-state index < -0.39 is 6.10 Å². The number of methoxy groups -OCH3 is 1. The second-order valence-corrected chi connectivity index (χ2v) is 4.29. The summed E-state index contributed by atoms with van der Waals surface area (Å²) in [5.41, 5.74) is 0. The quantitative estimate of drug-likeness (QED) is 0.793. The van der Waals surface area contributed by atoms with E-state index in [9.17, 15) is 5.11 Å². The molecule has 0 fully saturated rings. The molecule has 1 unspecified atom stereocenters. The smallest absolute Gasteiger partial charge is 0.241 e. The molecule has 7 heteroatoms. The van der Waals surface area contributed by atoms with Crippen molar-refractivity contribution < 1.29 is 18.8 Å². The summed E-state index contributed by atoms with van der Waals surface area (Å²) in [4.78, 5) is 6.10. The third-order valence-electron chi connectivity index (χ3n) is 2.50. The maximum atomic E-state index is 9.60. The number of ether oxygens (including phenoxy) is 1. The molecule has 0 aliphatic carbocycles. The van der Waals surface area contributed by atoms with Gasteiger partial charge >= 0.3 is 0 Å². The molecule has 2 aromatic rings. The van der Waals surface area contributed by atoms with Crippen molar-refractivity contribution >= 4 is 0 Å². The van der Waals surface area contributed by atoms with Crippen LogP contribution in [0.4, 0.5) is 0 Å². The third kappa shape index (κ3) is 3.88. The van der Waals surface area contributed by atoms with Gasteiger partial charge in [-0.05, 0) is 19.2 Å². The van der Waals surface area contributed by atoms with E-state index in [2.05, 4.69) is 10.1 Å². The molecule has 1 N–H and O–H groups in total. The Bertz CT molecular complexity index is 483. The number of nitrogens with zero attached hydrogens (tertiary/aromatic N) is 3. The second-order valence-electron chi connectivity index (χ2n) is 4.29. The van der Waals surface area contributed by atoms with Crippen LogP contribution in [0.15, 0.2) is 27.3 Å². The molecule has 0 amide bonds. The van der Waals surface area contributed by atoms with Gasteiger partial charge in [0.2, 0.25) is 11.7 Å². The van der Waals surface area contributed by atoms with Crippen LogP contribution in [-0.2, 0) is 11.3 Å². The molecular weight excluding hydrogens is 250 g/mol. The zero-order valence-electron chi connectivity index (χ0n) is 10.9. The average Bonchev–Trinajstić information content (AvgIpc) is 2.98. The first-order valence-corrected chi connectivity index (χ1v) is 5.91. The summed E-state index contributed by atoms with van der Waals surface area (Å²) in [7, 11) is 3.41. The van der Waals surface area contributed by atoms with Crippen LogP contribution in [0.2, 0.25) is 0 Å². The summed E-state index contributed by atoms with van der Waals surface area (Å²) in [6, 6.07) is 3.53. The van der Waals surface area contributed by atoms with Gasteiger partial charge in [-0.25, -0.2) is 0 Å². The van der Waals surface area contributed by atoms with Gasteiger partial charge in [0.25, 0.3) is 0 Å². The van der Waals surface area contributed by atoms with Crippen molar-refractivity contribution in [2.45, 2.75) is 12.6 Å². The van der Waals surface area contributed by atoms with Crippen molar-refractivity contribution in [2.24, 2.45) is 0 Å². The third-order valence-corrected chi connectivity index (χ3v) is 2.50. The van der Waals surface area contributed by atoms with Gasteiger partial charge in [0.05, 0.1) is 25.5 Å². The molecule has 2 heterocycles. The van der Waals surface area contributed by atoms with Crippen LogP contribution < -0.4 is 0 Å². The van der Waals surface area contributed by atoms with Gasteiger partial charge in [-0.1, -0.05) is 5.16 Å². The van der Waals surface area contributed by atoms with Crippen molar-refractivity contribution in [3.05, 3.63) is 24.3 Å². The Hall–Kier alpha value is -1.70. The summed E-state index contributed by atoms with van der Waals surface area (Å²) in [5.74, 6) is 1.46. The molecule has 0 aliphatic heterocycles. The van der Waals surface area contributed by atoms with E-state index in [-0.39, 0.29) is 0 Å². The minimum absolute atomic E-state index is 0.297. The molecular formula is C12H17N3O4. The Morgan fingerprint density at radius 1 is 1.53 bits per heavy atom. The fourth-order valence-corrected chi connectivity index (χ4v) is 1.73. The van der Waals surface area contributed by atoms with Crippen LogP contribution in [0.5, 0.6) is 0 Å². The van der Waals surface area contributed by atoms with E-state index in [0.29, 0.717) is 37.2 Å². The SMILES string of the molecule is COCC(O)CN(C)Cc1nc(-c2ccco2)no1. The van der Waals surface area contributed by atoms with Crippen molar-refractivity contribution in [3.8, 4) is 11.6 Å². The fourth-order valence-electron chi connectivity index (χ4n) is 1.73. The first-order chi connectivity index (χ1) is 9.19. The lowest BCUT2D eigenvalue weighted by Crippen LogP contribution is -2.31. The van der Waals surface area contributed by atoms with Gasteiger partial charge < -0.3 is 18.8 Å². The molecule has 0 saturated carbocycles. The number of aliphatic hydroxyl groups is 1. The first-order valence-electron chi connectivity index (χ1n) is 5.91. The Balaban J connectivity index is 1.89. The van der Waals surface area contributed by atoms with Crippen molar-refractivity contribution in [1.29, 1.82) is 0 Å². The maximum Gasteiger partial charge on any atom is 0.241 e. The number of rotatable bonds is 7. The van der Waals surface area contributed by atoms with Crippen LogP contribution >= 0.6 is 0 Å². The van der Waals surface area contributed by atoms with E-state index in [1.165, 1.54) is 0 Å². The minimum atomic E-state index is -0.539. The minimum Gasteiger partial charge on any atom is -0.461 e.